The standard InChI is InChI=1S/C34H44N2O6/c1-25-6-12-29(13-7-25)40-22-18-32(37)35-31(24-36-20-4-5-21-36)34(27-10-16-28(39-3)17-11-27)42-33(38)19-23-41-30-14-8-26(2)9-15-30/h6-17,31-32,34-35,37H,4-5,18-24H2,1-3H3/t31-,32+,34?/m1/s1. The molecule has 0 amide bonds. The van der Waals surface area contributed by atoms with Crippen LogP contribution in [0.5, 0.6) is 17.2 Å². The number of nitrogens with zero attached hydrogens (tertiary/aromatic N) is 1. The number of carbonyl (C=O) groups excluding carboxylic acids is 1. The van der Waals surface area contributed by atoms with E-state index in [0.29, 0.717) is 31.1 Å². The second-order valence-corrected chi connectivity index (χ2v) is 10.8. The number of aryl methyl sites for hydroxylation is 2. The van der Waals surface area contributed by atoms with Gasteiger partial charge >= 0.3 is 5.97 Å². The van der Waals surface area contributed by atoms with E-state index in [2.05, 4.69) is 10.2 Å². The molecule has 1 heterocycles. The summed E-state index contributed by atoms with van der Waals surface area (Å²) in [5, 5.41) is 14.4. The molecule has 1 aliphatic rings. The molecule has 0 aliphatic carbocycles. The van der Waals surface area contributed by atoms with E-state index >= 15 is 0 Å². The molecule has 0 radical (unpaired) electrons. The van der Waals surface area contributed by atoms with Gasteiger partial charge in [-0.2, -0.15) is 0 Å². The average Bonchev–Trinajstić information content (AvgIpc) is 3.51. The van der Waals surface area contributed by atoms with Gasteiger partial charge in [-0.05, 0) is 81.7 Å². The van der Waals surface area contributed by atoms with Crippen LogP contribution >= 0.6 is 0 Å². The topological polar surface area (TPSA) is 89.5 Å². The summed E-state index contributed by atoms with van der Waals surface area (Å²) in [5.74, 6) is 1.82. The fraction of sp³-hybridized carbons (Fsp3) is 0.441. The number of esters is 1. The highest BCUT2D eigenvalue weighted by Crippen LogP contribution is 2.27. The largest absolute Gasteiger partial charge is 0.497 e. The van der Waals surface area contributed by atoms with E-state index in [0.717, 1.165) is 48.4 Å². The maximum atomic E-state index is 13.1. The molecule has 1 saturated heterocycles. The van der Waals surface area contributed by atoms with Gasteiger partial charge in [0.05, 0.1) is 32.8 Å². The monoisotopic (exact) mass is 576 g/mol. The third-order valence-electron chi connectivity index (χ3n) is 7.41. The van der Waals surface area contributed by atoms with Crippen molar-refractivity contribution in [2.75, 3.05) is 40.0 Å². The maximum absolute atomic E-state index is 13.1. The van der Waals surface area contributed by atoms with Gasteiger partial charge in [0.15, 0.2) is 0 Å². The van der Waals surface area contributed by atoms with Crippen molar-refractivity contribution in [2.45, 2.75) is 57.9 Å². The van der Waals surface area contributed by atoms with Crippen LogP contribution in [0.25, 0.3) is 0 Å². The molecule has 1 aliphatic heterocycles. The van der Waals surface area contributed by atoms with Crippen LogP contribution in [0.4, 0.5) is 0 Å². The molecular weight excluding hydrogens is 532 g/mol. The predicted octanol–water partition coefficient (Wildman–Crippen LogP) is 5.21. The van der Waals surface area contributed by atoms with Gasteiger partial charge in [0.1, 0.15) is 29.6 Å². The lowest BCUT2D eigenvalue weighted by molar-refractivity contribution is -0.152. The molecule has 4 rings (SSSR count). The molecule has 8 nitrogen and oxygen atoms in total. The molecule has 3 aromatic rings. The van der Waals surface area contributed by atoms with Gasteiger partial charge < -0.3 is 29.0 Å². The van der Waals surface area contributed by atoms with Crippen molar-refractivity contribution >= 4 is 5.97 Å². The first-order valence-corrected chi connectivity index (χ1v) is 14.8. The van der Waals surface area contributed by atoms with Crippen LogP contribution in [0, 0.1) is 13.8 Å². The van der Waals surface area contributed by atoms with Crippen LogP contribution < -0.4 is 19.5 Å². The summed E-state index contributed by atoms with van der Waals surface area (Å²) in [7, 11) is 1.62. The summed E-state index contributed by atoms with van der Waals surface area (Å²) in [5.41, 5.74) is 3.13. The van der Waals surface area contributed by atoms with E-state index in [1.807, 2.05) is 86.6 Å². The number of methoxy groups -OCH3 is 1. The highest BCUT2D eigenvalue weighted by Gasteiger charge is 2.31. The SMILES string of the molecule is COc1ccc(C(OC(=O)CCOc2ccc(C)cc2)[C@@H](CN2CCCC2)N[C@@H](O)CCOc2ccc(C)cc2)cc1. The lowest BCUT2D eigenvalue weighted by atomic mass is 10.0. The molecular formula is C34H44N2O6. The summed E-state index contributed by atoms with van der Waals surface area (Å²) < 4.78 is 23.1. The van der Waals surface area contributed by atoms with Crippen molar-refractivity contribution in [1.82, 2.24) is 10.2 Å². The summed E-state index contributed by atoms with van der Waals surface area (Å²) in [6.07, 6.45) is 1.25. The van der Waals surface area contributed by atoms with Crippen LogP contribution in [0.1, 0.15) is 48.5 Å². The minimum absolute atomic E-state index is 0.101. The molecule has 3 atom stereocenters. The van der Waals surface area contributed by atoms with Crippen molar-refractivity contribution in [2.24, 2.45) is 0 Å². The van der Waals surface area contributed by atoms with E-state index in [4.69, 9.17) is 18.9 Å². The molecule has 8 heteroatoms. The van der Waals surface area contributed by atoms with Crippen molar-refractivity contribution in [3.05, 3.63) is 89.5 Å². The number of ether oxygens (including phenoxy) is 4. The molecule has 42 heavy (non-hydrogen) atoms. The first-order valence-electron chi connectivity index (χ1n) is 14.8. The molecule has 0 aromatic heterocycles. The Kier molecular flexibility index (Phi) is 12.1. The number of hydrogen-bond donors (Lipinski definition) is 2. The Morgan fingerprint density at radius 2 is 1.38 bits per heavy atom. The Labute approximate surface area is 249 Å². The fourth-order valence-electron chi connectivity index (χ4n) is 5.00. The number of aliphatic hydroxyl groups is 1. The predicted molar refractivity (Wildman–Crippen MR) is 163 cm³/mol. The van der Waals surface area contributed by atoms with Crippen molar-refractivity contribution < 1.29 is 28.8 Å². The second kappa shape index (κ2) is 16.2. The Balaban J connectivity index is 1.43. The molecule has 3 aromatic carbocycles. The van der Waals surface area contributed by atoms with Gasteiger partial charge in [-0.25, -0.2) is 0 Å². The summed E-state index contributed by atoms with van der Waals surface area (Å²) >= 11 is 0. The zero-order valence-corrected chi connectivity index (χ0v) is 25.0. The Morgan fingerprint density at radius 3 is 1.95 bits per heavy atom. The van der Waals surface area contributed by atoms with Gasteiger partial charge in [-0.15, -0.1) is 0 Å². The number of carbonyl (C=O) groups is 1. The molecule has 0 saturated carbocycles. The molecule has 1 unspecified atom stereocenters. The third kappa shape index (κ3) is 10.0. The van der Waals surface area contributed by atoms with Crippen molar-refractivity contribution in [1.29, 1.82) is 0 Å². The van der Waals surface area contributed by atoms with Crippen molar-refractivity contribution in [3.8, 4) is 17.2 Å². The second-order valence-electron chi connectivity index (χ2n) is 10.8. The van der Waals surface area contributed by atoms with E-state index in [-0.39, 0.29) is 25.0 Å². The number of aliphatic hydroxyl groups excluding tert-OH is 1. The molecule has 2 N–H and O–H groups in total. The van der Waals surface area contributed by atoms with E-state index < -0.39 is 12.3 Å². The molecule has 226 valence electrons. The summed E-state index contributed by atoms with van der Waals surface area (Å²) in [6, 6.07) is 22.7. The summed E-state index contributed by atoms with van der Waals surface area (Å²) in [4.78, 5) is 15.5. The zero-order chi connectivity index (χ0) is 29.7. The van der Waals surface area contributed by atoms with Crippen LogP contribution in [-0.4, -0.2) is 68.2 Å². The first kappa shape index (κ1) is 31.3. The van der Waals surface area contributed by atoms with Gasteiger partial charge in [0.25, 0.3) is 0 Å². The van der Waals surface area contributed by atoms with Crippen LogP contribution in [0.3, 0.4) is 0 Å². The quantitative estimate of drug-likeness (QED) is 0.178. The van der Waals surface area contributed by atoms with Crippen LogP contribution in [-0.2, 0) is 9.53 Å². The van der Waals surface area contributed by atoms with Gasteiger partial charge in [-0.3, -0.25) is 10.1 Å². The van der Waals surface area contributed by atoms with Gasteiger partial charge in [0.2, 0.25) is 0 Å². The molecule has 0 spiro atoms. The maximum Gasteiger partial charge on any atom is 0.309 e. The van der Waals surface area contributed by atoms with Gasteiger partial charge in [-0.1, -0.05) is 47.5 Å². The molecule has 0 bridgehead atoms. The van der Waals surface area contributed by atoms with E-state index in [1.54, 1.807) is 7.11 Å². The fourth-order valence-corrected chi connectivity index (χ4v) is 5.00. The van der Waals surface area contributed by atoms with E-state index in [1.165, 1.54) is 0 Å². The normalized spacial score (nSPS) is 15.5. The lowest BCUT2D eigenvalue weighted by Gasteiger charge is -2.33. The zero-order valence-electron chi connectivity index (χ0n) is 25.0. The first-order chi connectivity index (χ1) is 20.4. The summed E-state index contributed by atoms with van der Waals surface area (Å²) in [6.45, 7) is 7.16. The number of nitrogens with one attached hydrogen (secondary N) is 1. The number of hydrogen-bond acceptors (Lipinski definition) is 8. The van der Waals surface area contributed by atoms with Crippen LogP contribution in [0.15, 0.2) is 72.8 Å². The number of benzene rings is 3. The lowest BCUT2D eigenvalue weighted by Crippen LogP contribution is -2.49. The number of rotatable bonds is 16. The molecule has 1 fully saturated rings. The Morgan fingerprint density at radius 1 is 0.833 bits per heavy atom. The Hall–Kier alpha value is -3.59. The van der Waals surface area contributed by atoms with Crippen LogP contribution in [0.2, 0.25) is 0 Å². The smallest absolute Gasteiger partial charge is 0.309 e. The minimum Gasteiger partial charge on any atom is -0.497 e. The highest BCUT2D eigenvalue weighted by molar-refractivity contribution is 5.70. The van der Waals surface area contributed by atoms with Crippen molar-refractivity contribution in [3.63, 3.8) is 0 Å². The highest BCUT2D eigenvalue weighted by atomic mass is 16.5. The van der Waals surface area contributed by atoms with E-state index in [9.17, 15) is 9.90 Å². The Bertz CT molecular complexity index is 1210. The van der Waals surface area contributed by atoms with Gasteiger partial charge in [0, 0.05) is 13.0 Å². The minimum atomic E-state index is -0.854. The average molecular weight is 577 g/mol. The number of likely N-dealkylation sites (tertiary alicyclic amines) is 1. The third-order valence-corrected chi connectivity index (χ3v) is 7.41.